The number of benzene rings is 3. The van der Waals surface area contributed by atoms with Crippen LogP contribution in [0.25, 0.3) is 17.1 Å². The van der Waals surface area contributed by atoms with Gasteiger partial charge in [0.1, 0.15) is 5.82 Å². The van der Waals surface area contributed by atoms with Crippen LogP contribution in [0.15, 0.2) is 71.9 Å². The number of aryl methyl sites for hydroxylation is 3. The lowest BCUT2D eigenvalue weighted by molar-refractivity contribution is -0.113. The number of aromatic nitrogens is 3. The number of thioether (sulfide) groups is 1. The van der Waals surface area contributed by atoms with E-state index in [-0.39, 0.29) is 17.5 Å². The van der Waals surface area contributed by atoms with E-state index in [1.807, 2.05) is 63.2 Å². The molecule has 0 atom stereocenters. The summed E-state index contributed by atoms with van der Waals surface area (Å²) in [5.41, 5.74) is 5.13. The fourth-order valence-corrected chi connectivity index (χ4v) is 4.05. The maximum atomic E-state index is 14.5. The molecule has 1 N–H and O–H groups in total. The monoisotopic (exact) mass is 446 g/mol. The predicted octanol–water partition coefficient (Wildman–Crippen LogP) is 5.73. The first-order valence-corrected chi connectivity index (χ1v) is 11.2. The van der Waals surface area contributed by atoms with Crippen molar-refractivity contribution in [1.29, 1.82) is 0 Å². The predicted molar refractivity (Wildman–Crippen MR) is 127 cm³/mol. The third kappa shape index (κ3) is 4.73. The molecule has 5 nitrogen and oxygen atoms in total. The molecule has 4 aromatic rings. The highest BCUT2D eigenvalue weighted by molar-refractivity contribution is 7.99. The molecule has 1 heterocycles. The average Bonchev–Trinajstić information content (AvgIpc) is 3.19. The van der Waals surface area contributed by atoms with Crippen LogP contribution in [0, 0.1) is 26.6 Å². The molecule has 0 unspecified atom stereocenters. The highest BCUT2D eigenvalue weighted by Crippen LogP contribution is 2.29. The van der Waals surface area contributed by atoms with Crippen LogP contribution in [0.2, 0.25) is 0 Å². The van der Waals surface area contributed by atoms with Gasteiger partial charge >= 0.3 is 0 Å². The minimum Gasteiger partial charge on any atom is -0.325 e. The van der Waals surface area contributed by atoms with E-state index in [0.717, 1.165) is 28.1 Å². The molecule has 0 saturated heterocycles. The summed E-state index contributed by atoms with van der Waals surface area (Å²) in [5, 5.41) is 12.0. The largest absolute Gasteiger partial charge is 0.325 e. The van der Waals surface area contributed by atoms with E-state index in [9.17, 15) is 9.18 Å². The molecule has 0 aliphatic rings. The zero-order valence-electron chi connectivity index (χ0n) is 18.1. The SMILES string of the molecule is Cc1ccc(-n2c(SCC(=O)Nc3cc(C)ccc3C)nnc2-c2ccccc2F)cc1. The van der Waals surface area contributed by atoms with Crippen LogP contribution in [-0.2, 0) is 4.79 Å². The summed E-state index contributed by atoms with van der Waals surface area (Å²) >= 11 is 1.26. The van der Waals surface area contributed by atoms with E-state index in [1.165, 1.54) is 17.8 Å². The van der Waals surface area contributed by atoms with Crippen molar-refractivity contribution in [2.24, 2.45) is 0 Å². The van der Waals surface area contributed by atoms with E-state index in [1.54, 1.807) is 22.8 Å². The Kier molecular flexibility index (Phi) is 6.37. The third-order valence-corrected chi connectivity index (χ3v) is 5.97. The lowest BCUT2D eigenvalue weighted by Gasteiger charge is -2.12. The van der Waals surface area contributed by atoms with Crippen molar-refractivity contribution in [1.82, 2.24) is 14.8 Å². The van der Waals surface area contributed by atoms with Crippen molar-refractivity contribution in [3.63, 3.8) is 0 Å². The van der Waals surface area contributed by atoms with Crippen LogP contribution in [0.3, 0.4) is 0 Å². The highest BCUT2D eigenvalue weighted by atomic mass is 32.2. The third-order valence-electron chi connectivity index (χ3n) is 5.04. The number of rotatable bonds is 6. The van der Waals surface area contributed by atoms with Gasteiger partial charge in [0.15, 0.2) is 11.0 Å². The Morgan fingerprint density at radius 3 is 2.44 bits per heavy atom. The van der Waals surface area contributed by atoms with E-state index < -0.39 is 0 Å². The smallest absolute Gasteiger partial charge is 0.234 e. The Labute approximate surface area is 190 Å². The van der Waals surface area contributed by atoms with Crippen molar-refractivity contribution >= 4 is 23.4 Å². The summed E-state index contributed by atoms with van der Waals surface area (Å²) in [6.07, 6.45) is 0. The number of carbonyl (C=O) groups excluding carboxylic acids is 1. The van der Waals surface area contributed by atoms with E-state index in [4.69, 9.17) is 0 Å². The van der Waals surface area contributed by atoms with Crippen LogP contribution in [0.5, 0.6) is 0 Å². The second-order valence-corrected chi connectivity index (χ2v) is 8.55. The van der Waals surface area contributed by atoms with Crippen molar-refractivity contribution in [3.8, 4) is 17.1 Å². The number of hydrogen-bond acceptors (Lipinski definition) is 4. The number of carbonyl (C=O) groups is 1. The molecule has 0 spiro atoms. The number of nitrogens with zero attached hydrogens (tertiary/aromatic N) is 3. The molecule has 162 valence electrons. The lowest BCUT2D eigenvalue weighted by atomic mass is 10.1. The van der Waals surface area contributed by atoms with E-state index in [0.29, 0.717) is 16.5 Å². The van der Waals surface area contributed by atoms with Gasteiger partial charge in [0.05, 0.1) is 11.3 Å². The summed E-state index contributed by atoms with van der Waals surface area (Å²) in [5.74, 6) is 0.0192. The van der Waals surface area contributed by atoms with Crippen LogP contribution >= 0.6 is 11.8 Å². The molecule has 1 amide bonds. The summed E-state index contributed by atoms with van der Waals surface area (Å²) in [6.45, 7) is 5.94. The first-order chi connectivity index (χ1) is 15.4. The maximum absolute atomic E-state index is 14.5. The standard InChI is InChI=1S/C25H23FN4OS/c1-16-9-12-19(13-10-16)30-24(20-6-4-5-7-21(20)26)28-29-25(30)32-15-23(31)27-22-14-17(2)8-11-18(22)3/h4-14H,15H2,1-3H3,(H,27,31). The Balaban J connectivity index is 1.62. The molecule has 4 rings (SSSR count). The molecular formula is C25H23FN4OS. The number of hydrogen-bond donors (Lipinski definition) is 1. The number of halogens is 1. The van der Waals surface area contributed by atoms with Gasteiger partial charge in [0, 0.05) is 11.4 Å². The van der Waals surface area contributed by atoms with Gasteiger partial charge in [-0.15, -0.1) is 10.2 Å². The van der Waals surface area contributed by atoms with Gasteiger partial charge in [-0.3, -0.25) is 9.36 Å². The van der Waals surface area contributed by atoms with Crippen molar-refractivity contribution < 1.29 is 9.18 Å². The fourth-order valence-electron chi connectivity index (χ4n) is 3.29. The van der Waals surface area contributed by atoms with E-state index in [2.05, 4.69) is 15.5 Å². The Morgan fingerprint density at radius 1 is 0.969 bits per heavy atom. The van der Waals surface area contributed by atoms with Gasteiger partial charge in [0.25, 0.3) is 0 Å². The summed E-state index contributed by atoms with van der Waals surface area (Å²) in [7, 11) is 0. The second-order valence-electron chi connectivity index (χ2n) is 7.61. The number of nitrogens with one attached hydrogen (secondary N) is 1. The van der Waals surface area contributed by atoms with Crippen molar-refractivity contribution in [3.05, 3.63) is 89.2 Å². The molecule has 0 radical (unpaired) electrons. The highest BCUT2D eigenvalue weighted by Gasteiger charge is 2.19. The van der Waals surface area contributed by atoms with Gasteiger partial charge < -0.3 is 5.32 Å². The topological polar surface area (TPSA) is 59.8 Å². The molecule has 3 aromatic carbocycles. The Hall–Kier alpha value is -3.45. The molecule has 0 aliphatic carbocycles. The van der Waals surface area contributed by atoms with Crippen LogP contribution < -0.4 is 5.32 Å². The molecule has 1 aromatic heterocycles. The lowest BCUT2D eigenvalue weighted by Crippen LogP contribution is -2.15. The van der Waals surface area contributed by atoms with Crippen LogP contribution in [0.4, 0.5) is 10.1 Å². The zero-order valence-corrected chi connectivity index (χ0v) is 18.9. The van der Waals surface area contributed by atoms with Crippen LogP contribution in [0.1, 0.15) is 16.7 Å². The first kappa shape index (κ1) is 21.8. The van der Waals surface area contributed by atoms with Gasteiger partial charge in [-0.05, 0) is 62.2 Å². The van der Waals surface area contributed by atoms with Gasteiger partial charge in [-0.25, -0.2) is 4.39 Å². The zero-order chi connectivity index (χ0) is 22.7. The summed E-state index contributed by atoms with van der Waals surface area (Å²) in [6, 6.07) is 20.2. The minimum atomic E-state index is -0.377. The molecule has 7 heteroatoms. The summed E-state index contributed by atoms with van der Waals surface area (Å²) in [4.78, 5) is 12.6. The minimum absolute atomic E-state index is 0.144. The maximum Gasteiger partial charge on any atom is 0.234 e. The van der Waals surface area contributed by atoms with Crippen LogP contribution in [-0.4, -0.2) is 26.4 Å². The number of amides is 1. The molecule has 0 fully saturated rings. The second kappa shape index (κ2) is 9.36. The average molecular weight is 447 g/mol. The Morgan fingerprint density at radius 2 is 1.69 bits per heavy atom. The molecule has 0 aliphatic heterocycles. The van der Waals surface area contributed by atoms with Gasteiger partial charge in [-0.2, -0.15) is 0 Å². The molecule has 0 bridgehead atoms. The summed E-state index contributed by atoms with van der Waals surface area (Å²) < 4.78 is 16.3. The van der Waals surface area contributed by atoms with E-state index >= 15 is 0 Å². The molecule has 32 heavy (non-hydrogen) atoms. The van der Waals surface area contributed by atoms with Crippen molar-refractivity contribution in [2.75, 3.05) is 11.1 Å². The molecule has 0 saturated carbocycles. The van der Waals surface area contributed by atoms with Gasteiger partial charge in [0.2, 0.25) is 5.91 Å². The number of anilines is 1. The first-order valence-electron chi connectivity index (χ1n) is 10.2. The quantitative estimate of drug-likeness (QED) is 0.384. The molecular weight excluding hydrogens is 423 g/mol. The normalized spacial score (nSPS) is 10.9. The van der Waals surface area contributed by atoms with Crippen molar-refractivity contribution in [2.45, 2.75) is 25.9 Å². The fraction of sp³-hybridized carbons (Fsp3) is 0.160. The van der Waals surface area contributed by atoms with Gasteiger partial charge in [-0.1, -0.05) is 53.7 Å². The Bertz CT molecular complexity index is 1270.